The zero-order chi connectivity index (χ0) is 15.7. The van der Waals surface area contributed by atoms with Gasteiger partial charge in [0.1, 0.15) is 5.82 Å². The molecular formula is C18H20FNOS. The van der Waals surface area contributed by atoms with Crippen molar-refractivity contribution in [1.29, 1.82) is 0 Å². The van der Waals surface area contributed by atoms with Crippen molar-refractivity contribution in [3.63, 3.8) is 0 Å². The molecule has 1 N–H and O–H groups in total. The Labute approximate surface area is 133 Å². The van der Waals surface area contributed by atoms with Crippen LogP contribution in [0, 0.1) is 5.82 Å². The summed E-state index contributed by atoms with van der Waals surface area (Å²) in [5.41, 5.74) is 3.08. The van der Waals surface area contributed by atoms with E-state index >= 15 is 0 Å². The summed E-state index contributed by atoms with van der Waals surface area (Å²) in [6.07, 6.45) is 3.40. The molecule has 2 aromatic carbocycles. The molecule has 0 aromatic heterocycles. The predicted octanol–water partition coefficient (Wildman–Crippen LogP) is 3.90. The molecule has 0 spiro atoms. The van der Waals surface area contributed by atoms with Crippen LogP contribution in [-0.4, -0.2) is 10.5 Å². The van der Waals surface area contributed by atoms with Crippen molar-refractivity contribution < 1.29 is 8.60 Å². The maximum Gasteiger partial charge on any atom is 0.126 e. The van der Waals surface area contributed by atoms with Crippen LogP contribution in [0.3, 0.4) is 0 Å². The molecule has 2 nitrogen and oxygen atoms in total. The zero-order valence-electron chi connectivity index (χ0n) is 12.8. The fourth-order valence-corrected chi connectivity index (χ4v) is 3.65. The highest BCUT2D eigenvalue weighted by Crippen LogP contribution is 2.34. The van der Waals surface area contributed by atoms with Crippen LogP contribution in [0.4, 0.5) is 4.39 Å². The van der Waals surface area contributed by atoms with Gasteiger partial charge in [0.2, 0.25) is 0 Å². The Morgan fingerprint density at radius 1 is 1.23 bits per heavy atom. The molecule has 3 unspecified atom stereocenters. The van der Waals surface area contributed by atoms with Gasteiger partial charge in [0.25, 0.3) is 0 Å². The molecule has 0 radical (unpaired) electrons. The molecule has 0 fully saturated rings. The van der Waals surface area contributed by atoms with Gasteiger partial charge in [-0.05, 0) is 54.7 Å². The summed E-state index contributed by atoms with van der Waals surface area (Å²) < 4.78 is 25.2. The largest absolute Gasteiger partial charge is 0.303 e. The van der Waals surface area contributed by atoms with Crippen LogP contribution in [0.5, 0.6) is 0 Å². The van der Waals surface area contributed by atoms with Crippen LogP contribution < -0.4 is 5.32 Å². The highest BCUT2D eigenvalue weighted by molar-refractivity contribution is 7.84. The van der Waals surface area contributed by atoms with Crippen molar-refractivity contribution in [1.82, 2.24) is 5.32 Å². The van der Waals surface area contributed by atoms with E-state index in [9.17, 15) is 8.60 Å². The molecule has 22 heavy (non-hydrogen) atoms. The third kappa shape index (κ3) is 2.99. The Bertz CT molecular complexity index is 699. The summed E-state index contributed by atoms with van der Waals surface area (Å²) in [5, 5.41) is 3.58. The van der Waals surface area contributed by atoms with E-state index in [-0.39, 0.29) is 17.9 Å². The predicted molar refractivity (Wildman–Crippen MR) is 87.8 cm³/mol. The standard InChI is InChI=1S/C18H20FNOS/c1-12(13-6-8-14(9-7-13)22(2)21)20-18-11-10-15-16(18)4-3-5-17(15)19/h3-9,12,18,20H,10-11H2,1-2H3. The molecule has 0 heterocycles. The maximum absolute atomic E-state index is 13.8. The van der Waals surface area contributed by atoms with Crippen LogP contribution in [0.1, 0.15) is 42.1 Å². The van der Waals surface area contributed by atoms with E-state index in [0.29, 0.717) is 0 Å². The molecule has 0 saturated carbocycles. The summed E-state index contributed by atoms with van der Waals surface area (Å²) in [7, 11) is -0.949. The van der Waals surface area contributed by atoms with Gasteiger partial charge in [-0.3, -0.25) is 4.21 Å². The first-order chi connectivity index (χ1) is 10.6. The van der Waals surface area contributed by atoms with Gasteiger partial charge in [-0.25, -0.2) is 4.39 Å². The van der Waals surface area contributed by atoms with Gasteiger partial charge in [-0.15, -0.1) is 0 Å². The smallest absolute Gasteiger partial charge is 0.126 e. The minimum absolute atomic E-state index is 0.0933. The number of rotatable bonds is 4. The van der Waals surface area contributed by atoms with Crippen LogP contribution >= 0.6 is 0 Å². The van der Waals surface area contributed by atoms with Crippen molar-refractivity contribution in [2.24, 2.45) is 0 Å². The van der Waals surface area contributed by atoms with Crippen LogP contribution in [0.15, 0.2) is 47.4 Å². The molecule has 1 aliphatic rings. The van der Waals surface area contributed by atoms with E-state index < -0.39 is 10.8 Å². The van der Waals surface area contributed by atoms with Crippen LogP contribution in [0.25, 0.3) is 0 Å². The molecule has 1 aliphatic carbocycles. The monoisotopic (exact) mass is 317 g/mol. The van der Waals surface area contributed by atoms with Gasteiger partial charge >= 0.3 is 0 Å². The second-order valence-electron chi connectivity index (χ2n) is 5.81. The summed E-state index contributed by atoms with van der Waals surface area (Å²) in [6.45, 7) is 2.11. The molecule has 0 bridgehead atoms. The van der Waals surface area contributed by atoms with Crippen molar-refractivity contribution in [3.05, 3.63) is 65.0 Å². The quantitative estimate of drug-likeness (QED) is 0.926. The molecule has 3 atom stereocenters. The third-order valence-electron chi connectivity index (χ3n) is 4.38. The van der Waals surface area contributed by atoms with Gasteiger partial charge in [-0.2, -0.15) is 0 Å². The Balaban J connectivity index is 1.74. The third-order valence-corrected chi connectivity index (χ3v) is 5.31. The molecule has 116 valence electrons. The maximum atomic E-state index is 13.8. The van der Waals surface area contributed by atoms with Crippen molar-refractivity contribution in [3.8, 4) is 0 Å². The fourth-order valence-electron chi connectivity index (χ4n) is 3.13. The van der Waals surface area contributed by atoms with Crippen molar-refractivity contribution in [2.45, 2.75) is 36.7 Å². The summed E-state index contributed by atoms with van der Waals surface area (Å²) in [6, 6.07) is 13.5. The molecular weight excluding hydrogens is 297 g/mol. The molecule has 3 rings (SSSR count). The second kappa shape index (κ2) is 6.31. The number of halogens is 1. The lowest BCUT2D eigenvalue weighted by Crippen LogP contribution is -2.23. The number of hydrogen-bond acceptors (Lipinski definition) is 2. The Kier molecular flexibility index (Phi) is 4.41. The van der Waals surface area contributed by atoms with E-state index in [1.807, 2.05) is 30.3 Å². The number of fused-ring (bicyclic) bond motifs is 1. The lowest BCUT2D eigenvalue weighted by atomic mass is 10.0. The van der Waals surface area contributed by atoms with Gasteiger partial charge in [0.05, 0.1) is 0 Å². The van der Waals surface area contributed by atoms with Gasteiger partial charge in [-0.1, -0.05) is 24.3 Å². The Morgan fingerprint density at radius 3 is 2.64 bits per heavy atom. The molecule has 2 aromatic rings. The SMILES string of the molecule is CC(NC1CCc2c(F)cccc21)c1ccc(S(C)=O)cc1. The molecule has 0 amide bonds. The molecule has 0 aliphatic heterocycles. The topological polar surface area (TPSA) is 29.1 Å². The highest BCUT2D eigenvalue weighted by Gasteiger charge is 2.25. The Morgan fingerprint density at radius 2 is 1.95 bits per heavy atom. The van der Waals surface area contributed by atoms with Crippen LogP contribution in [-0.2, 0) is 17.2 Å². The summed E-state index contributed by atoms with van der Waals surface area (Å²) in [4.78, 5) is 0.837. The van der Waals surface area contributed by atoms with Gasteiger partial charge in [0, 0.05) is 34.0 Å². The van der Waals surface area contributed by atoms with Crippen molar-refractivity contribution in [2.75, 3.05) is 6.26 Å². The van der Waals surface area contributed by atoms with E-state index in [1.54, 1.807) is 12.3 Å². The summed E-state index contributed by atoms with van der Waals surface area (Å²) in [5.74, 6) is -0.0933. The first-order valence-corrected chi connectivity index (χ1v) is 9.09. The average molecular weight is 317 g/mol. The number of benzene rings is 2. The molecule has 0 saturated heterocycles. The van der Waals surface area contributed by atoms with E-state index in [1.165, 1.54) is 6.07 Å². The lowest BCUT2D eigenvalue weighted by Gasteiger charge is -2.21. The van der Waals surface area contributed by atoms with Gasteiger partial charge in [0.15, 0.2) is 0 Å². The lowest BCUT2D eigenvalue weighted by molar-refractivity contribution is 0.465. The minimum Gasteiger partial charge on any atom is -0.303 e. The van der Waals surface area contributed by atoms with Crippen molar-refractivity contribution >= 4 is 10.8 Å². The van der Waals surface area contributed by atoms with E-state index in [2.05, 4.69) is 12.2 Å². The van der Waals surface area contributed by atoms with E-state index in [0.717, 1.165) is 34.4 Å². The first kappa shape index (κ1) is 15.4. The second-order valence-corrected chi connectivity index (χ2v) is 7.19. The average Bonchev–Trinajstić information content (AvgIpc) is 2.92. The van der Waals surface area contributed by atoms with Gasteiger partial charge < -0.3 is 5.32 Å². The minimum atomic E-state index is -0.949. The molecule has 4 heteroatoms. The zero-order valence-corrected chi connectivity index (χ0v) is 13.6. The number of hydrogen-bond donors (Lipinski definition) is 1. The highest BCUT2D eigenvalue weighted by atomic mass is 32.2. The van der Waals surface area contributed by atoms with E-state index in [4.69, 9.17) is 0 Å². The first-order valence-electron chi connectivity index (χ1n) is 7.53. The normalized spacial score (nSPS) is 19.7. The number of nitrogens with one attached hydrogen (secondary N) is 1. The Hall–Kier alpha value is -1.52. The fraction of sp³-hybridized carbons (Fsp3) is 0.333. The van der Waals surface area contributed by atoms with Crippen LogP contribution in [0.2, 0.25) is 0 Å². The summed E-state index contributed by atoms with van der Waals surface area (Å²) >= 11 is 0.